The molecule has 1 aliphatic heterocycles. The number of anilines is 1. The summed E-state index contributed by atoms with van der Waals surface area (Å²) in [5, 5.41) is 3.81. The van der Waals surface area contributed by atoms with Crippen molar-refractivity contribution in [3.05, 3.63) is 41.4 Å². The molecule has 0 spiro atoms. The Morgan fingerprint density at radius 2 is 2.10 bits per heavy atom. The van der Waals surface area contributed by atoms with Crippen molar-refractivity contribution in [3.8, 4) is 11.5 Å². The summed E-state index contributed by atoms with van der Waals surface area (Å²) in [5.74, 6) is 0.860. The van der Waals surface area contributed by atoms with Gasteiger partial charge in [0.05, 0.1) is 29.2 Å². The van der Waals surface area contributed by atoms with E-state index in [4.69, 9.17) is 21.1 Å². The van der Waals surface area contributed by atoms with Crippen LogP contribution in [0.2, 0.25) is 5.02 Å². The lowest BCUT2D eigenvalue weighted by Gasteiger charge is -2.17. The van der Waals surface area contributed by atoms with Crippen molar-refractivity contribution in [2.75, 3.05) is 30.5 Å². The van der Waals surface area contributed by atoms with Crippen molar-refractivity contribution >= 4 is 55.5 Å². The Balaban J connectivity index is 1.68. The summed E-state index contributed by atoms with van der Waals surface area (Å²) < 4.78 is 35.0. The molecule has 29 heavy (non-hydrogen) atoms. The predicted molar refractivity (Wildman–Crippen MR) is 116 cm³/mol. The maximum atomic E-state index is 12.3. The van der Waals surface area contributed by atoms with Crippen molar-refractivity contribution in [3.63, 3.8) is 0 Å². The molecule has 2 aromatic carbocycles. The highest BCUT2D eigenvalue weighted by atomic mass is 35.5. The molecule has 0 aliphatic carbocycles. The Morgan fingerprint density at radius 3 is 2.83 bits per heavy atom. The standard InChI is InChI=1S/C19H19ClN2O5S2/c1-3-29(24,25)13-5-7-17-15(9-13)22-19(10-27-17)28-11-18(23)21-14-8-12(20)4-6-16(14)26-2/h4-9H,3,10-11H2,1-2H3,(H,21,23). The molecule has 0 unspecified atom stereocenters. The molecular weight excluding hydrogens is 436 g/mol. The first-order valence-electron chi connectivity index (χ1n) is 8.65. The number of ether oxygens (including phenoxy) is 2. The molecule has 0 bridgehead atoms. The van der Waals surface area contributed by atoms with E-state index in [0.29, 0.717) is 32.9 Å². The number of methoxy groups -OCH3 is 1. The van der Waals surface area contributed by atoms with Crippen LogP contribution in [0.15, 0.2) is 46.3 Å². The van der Waals surface area contributed by atoms with Crippen LogP contribution in [0, 0.1) is 0 Å². The third-order valence-electron chi connectivity index (χ3n) is 4.07. The van der Waals surface area contributed by atoms with Crippen LogP contribution in [0.4, 0.5) is 11.4 Å². The van der Waals surface area contributed by atoms with Crippen LogP contribution in [0.1, 0.15) is 6.92 Å². The van der Waals surface area contributed by atoms with Crippen LogP contribution >= 0.6 is 23.4 Å². The van der Waals surface area contributed by atoms with E-state index >= 15 is 0 Å². The fourth-order valence-electron chi connectivity index (χ4n) is 2.56. The first-order chi connectivity index (χ1) is 13.8. The van der Waals surface area contributed by atoms with Gasteiger partial charge in [-0.05, 0) is 36.4 Å². The van der Waals surface area contributed by atoms with Gasteiger partial charge in [0.25, 0.3) is 0 Å². The van der Waals surface area contributed by atoms with Crippen molar-refractivity contribution in [1.82, 2.24) is 0 Å². The van der Waals surface area contributed by atoms with E-state index in [1.165, 1.54) is 31.0 Å². The number of amides is 1. The summed E-state index contributed by atoms with van der Waals surface area (Å²) in [4.78, 5) is 16.9. The lowest BCUT2D eigenvalue weighted by atomic mass is 10.3. The highest BCUT2D eigenvalue weighted by molar-refractivity contribution is 8.14. The molecule has 1 aliphatic rings. The van der Waals surface area contributed by atoms with Crippen molar-refractivity contribution in [2.24, 2.45) is 4.99 Å². The van der Waals surface area contributed by atoms with Gasteiger partial charge in [-0.1, -0.05) is 30.3 Å². The van der Waals surface area contributed by atoms with Crippen LogP contribution in [0.3, 0.4) is 0 Å². The van der Waals surface area contributed by atoms with Crippen LogP contribution in [0.25, 0.3) is 0 Å². The summed E-state index contributed by atoms with van der Waals surface area (Å²) in [5.41, 5.74) is 0.914. The van der Waals surface area contributed by atoms with Crippen LogP contribution < -0.4 is 14.8 Å². The van der Waals surface area contributed by atoms with Crippen LogP contribution in [-0.2, 0) is 14.6 Å². The first kappa shape index (κ1) is 21.5. The quantitative estimate of drug-likeness (QED) is 0.710. The van der Waals surface area contributed by atoms with E-state index < -0.39 is 9.84 Å². The average Bonchev–Trinajstić information content (AvgIpc) is 2.71. The normalized spacial score (nSPS) is 13.1. The molecule has 1 heterocycles. The lowest BCUT2D eigenvalue weighted by molar-refractivity contribution is -0.113. The van der Waals surface area contributed by atoms with E-state index in [-0.39, 0.29) is 28.9 Å². The summed E-state index contributed by atoms with van der Waals surface area (Å²) in [7, 11) is -1.83. The number of sulfone groups is 1. The van der Waals surface area contributed by atoms with Gasteiger partial charge in [-0.25, -0.2) is 13.4 Å². The molecule has 0 radical (unpaired) electrons. The maximum Gasteiger partial charge on any atom is 0.234 e. The zero-order chi connectivity index (χ0) is 21.0. The zero-order valence-corrected chi connectivity index (χ0v) is 18.2. The number of carbonyl (C=O) groups excluding carboxylic acids is 1. The summed E-state index contributed by atoms with van der Waals surface area (Å²) in [6.45, 7) is 1.80. The minimum atomic E-state index is -3.34. The van der Waals surface area contributed by atoms with E-state index in [9.17, 15) is 13.2 Å². The molecule has 0 fully saturated rings. The second kappa shape index (κ2) is 9.06. The van der Waals surface area contributed by atoms with Crippen LogP contribution in [-0.4, -0.2) is 44.6 Å². The molecule has 154 valence electrons. The van der Waals surface area contributed by atoms with Gasteiger partial charge in [0.1, 0.15) is 28.8 Å². The van der Waals surface area contributed by atoms with E-state index in [2.05, 4.69) is 10.3 Å². The molecule has 7 nitrogen and oxygen atoms in total. The Bertz CT molecular complexity index is 1070. The highest BCUT2D eigenvalue weighted by Gasteiger charge is 2.19. The number of aliphatic imine (C=N–C) groups is 1. The fraction of sp³-hybridized carbons (Fsp3) is 0.263. The third-order valence-corrected chi connectivity index (χ3v) is 6.99. The summed E-state index contributed by atoms with van der Waals surface area (Å²) in [6, 6.07) is 9.55. The molecule has 3 rings (SSSR count). The van der Waals surface area contributed by atoms with E-state index in [1.54, 1.807) is 31.2 Å². The van der Waals surface area contributed by atoms with Crippen LogP contribution in [0.5, 0.6) is 11.5 Å². The summed E-state index contributed by atoms with van der Waals surface area (Å²) in [6.07, 6.45) is 0. The fourth-order valence-corrected chi connectivity index (χ4v) is 4.31. The maximum absolute atomic E-state index is 12.3. The number of hydrogen-bond acceptors (Lipinski definition) is 7. The zero-order valence-electron chi connectivity index (χ0n) is 15.8. The Hall–Kier alpha value is -2.23. The largest absolute Gasteiger partial charge is 0.495 e. The monoisotopic (exact) mass is 454 g/mol. The van der Waals surface area contributed by atoms with Gasteiger partial charge in [-0.15, -0.1) is 0 Å². The number of nitrogens with one attached hydrogen (secondary N) is 1. The van der Waals surface area contributed by atoms with Crippen molar-refractivity contribution in [2.45, 2.75) is 11.8 Å². The van der Waals surface area contributed by atoms with Crippen molar-refractivity contribution < 1.29 is 22.7 Å². The number of halogens is 1. The molecule has 0 saturated carbocycles. The number of rotatable bonds is 6. The molecule has 1 N–H and O–H groups in total. The Labute approximate surface area is 178 Å². The number of nitrogens with zero attached hydrogens (tertiary/aromatic N) is 1. The lowest BCUT2D eigenvalue weighted by Crippen LogP contribution is -2.19. The number of thioether (sulfide) groups is 1. The van der Waals surface area contributed by atoms with E-state index in [1.807, 2.05) is 0 Å². The Morgan fingerprint density at radius 1 is 1.31 bits per heavy atom. The minimum absolute atomic E-state index is 0.00506. The predicted octanol–water partition coefficient (Wildman–Crippen LogP) is 3.94. The number of fused-ring (bicyclic) bond motifs is 1. The van der Waals surface area contributed by atoms with E-state index in [0.717, 1.165) is 0 Å². The second-order valence-corrected chi connectivity index (χ2v) is 9.77. The van der Waals surface area contributed by atoms with Crippen molar-refractivity contribution in [1.29, 1.82) is 0 Å². The summed E-state index contributed by atoms with van der Waals surface area (Å²) >= 11 is 7.18. The third kappa shape index (κ3) is 5.23. The SMILES string of the molecule is CCS(=O)(=O)c1ccc2c(c1)N=C(SCC(=O)Nc1cc(Cl)ccc1OC)CO2. The molecule has 0 atom stereocenters. The van der Waals surface area contributed by atoms with Gasteiger partial charge in [0.15, 0.2) is 9.84 Å². The van der Waals surface area contributed by atoms with Gasteiger partial charge < -0.3 is 14.8 Å². The van der Waals surface area contributed by atoms with Gasteiger partial charge in [-0.3, -0.25) is 4.79 Å². The highest BCUT2D eigenvalue weighted by Crippen LogP contribution is 2.35. The molecule has 2 aromatic rings. The average molecular weight is 455 g/mol. The second-order valence-electron chi connectivity index (χ2n) is 6.01. The Kier molecular flexibility index (Phi) is 6.71. The number of carbonyl (C=O) groups is 1. The minimum Gasteiger partial charge on any atom is -0.495 e. The molecular formula is C19H19ClN2O5S2. The number of benzene rings is 2. The molecule has 10 heteroatoms. The van der Waals surface area contributed by atoms with Gasteiger partial charge in [-0.2, -0.15) is 0 Å². The molecule has 0 saturated heterocycles. The first-order valence-corrected chi connectivity index (χ1v) is 11.7. The molecule has 1 amide bonds. The van der Waals surface area contributed by atoms with Gasteiger partial charge in [0, 0.05) is 5.02 Å². The van der Waals surface area contributed by atoms with Gasteiger partial charge in [0.2, 0.25) is 5.91 Å². The smallest absolute Gasteiger partial charge is 0.234 e. The van der Waals surface area contributed by atoms with Gasteiger partial charge >= 0.3 is 0 Å². The topological polar surface area (TPSA) is 94.1 Å². The molecule has 0 aromatic heterocycles. The number of hydrogen-bond donors (Lipinski definition) is 1.